The monoisotopic (exact) mass is 807 g/mol. The number of para-hydroxylation sites is 4. The van der Waals surface area contributed by atoms with Gasteiger partial charge in [0.25, 0.3) is 0 Å². The Hall–Kier alpha value is -8.41. The van der Waals surface area contributed by atoms with E-state index in [2.05, 4.69) is 180 Å². The summed E-state index contributed by atoms with van der Waals surface area (Å²) in [5.74, 6) is 1.80. The topological polar surface area (TPSA) is 48.5 Å². The number of rotatable bonds is 9. The van der Waals surface area contributed by atoms with Crippen LogP contribution in [0.3, 0.4) is 0 Å². The molecule has 0 saturated heterocycles. The number of hydrogen-bond donors (Lipinski definition) is 0. The summed E-state index contributed by atoms with van der Waals surface area (Å²) in [6.07, 6.45) is 7.69. The molecule has 0 unspecified atom stereocenters. The number of allylic oxidation sites excluding steroid dienone is 5. The minimum Gasteiger partial charge on any atom is -0.309 e. The van der Waals surface area contributed by atoms with Crippen LogP contribution in [0.4, 0.5) is 0 Å². The van der Waals surface area contributed by atoms with Gasteiger partial charge in [-0.25, -0.2) is 15.0 Å². The fourth-order valence-corrected chi connectivity index (χ4v) is 8.93. The van der Waals surface area contributed by atoms with Gasteiger partial charge in [-0.05, 0) is 108 Å². The van der Waals surface area contributed by atoms with Crippen LogP contribution in [0.2, 0.25) is 0 Å². The molecule has 0 bridgehead atoms. The maximum Gasteiger partial charge on any atom is 0.164 e. The first-order valence-electron chi connectivity index (χ1n) is 21.3. The molecule has 63 heavy (non-hydrogen) atoms. The van der Waals surface area contributed by atoms with Gasteiger partial charge in [0.05, 0.1) is 22.1 Å². The van der Waals surface area contributed by atoms with Crippen LogP contribution in [-0.2, 0) is 0 Å². The van der Waals surface area contributed by atoms with E-state index in [1.54, 1.807) is 6.08 Å². The highest BCUT2D eigenvalue weighted by Gasteiger charge is 2.19. The molecule has 0 aliphatic carbocycles. The van der Waals surface area contributed by atoms with Gasteiger partial charge in [0.2, 0.25) is 0 Å². The van der Waals surface area contributed by atoms with Crippen LogP contribution in [0, 0.1) is 0 Å². The summed E-state index contributed by atoms with van der Waals surface area (Å²) in [5.41, 5.74) is 13.9. The van der Waals surface area contributed by atoms with Gasteiger partial charge in [0.1, 0.15) is 0 Å². The summed E-state index contributed by atoms with van der Waals surface area (Å²) >= 11 is 0. The summed E-state index contributed by atoms with van der Waals surface area (Å²) in [6.45, 7) is 5.91. The van der Waals surface area contributed by atoms with Gasteiger partial charge in [-0.3, -0.25) is 0 Å². The van der Waals surface area contributed by atoms with Crippen molar-refractivity contribution < 1.29 is 0 Å². The summed E-state index contributed by atoms with van der Waals surface area (Å²) in [4.78, 5) is 15.4. The molecule has 0 atom stereocenters. The van der Waals surface area contributed by atoms with Crippen LogP contribution in [0.25, 0.3) is 106 Å². The lowest BCUT2D eigenvalue weighted by molar-refractivity contribution is 1.04. The van der Waals surface area contributed by atoms with Crippen molar-refractivity contribution >= 4 is 49.2 Å². The largest absolute Gasteiger partial charge is 0.309 e. The molecule has 3 heterocycles. The number of fused-ring (bicyclic) bond motifs is 6. The second kappa shape index (κ2) is 15.9. The van der Waals surface area contributed by atoms with Crippen LogP contribution in [0.5, 0.6) is 0 Å². The van der Waals surface area contributed by atoms with Gasteiger partial charge < -0.3 is 9.13 Å². The van der Waals surface area contributed by atoms with Crippen molar-refractivity contribution in [2.75, 3.05) is 0 Å². The van der Waals surface area contributed by atoms with Crippen LogP contribution >= 0.6 is 0 Å². The number of aromatic nitrogens is 5. The lowest BCUT2D eigenvalue weighted by atomic mass is 9.94. The van der Waals surface area contributed by atoms with Crippen molar-refractivity contribution in [2.24, 2.45) is 0 Å². The van der Waals surface area contributed by atoms with Crippen molar-refractivity contribution in [3.8, 4) is 56.4 Å². The highest BCUT2D eigenvalue weighted by Crippen LogP contribution is 2.40. The third kappa shape index (κ3) is 6.73. The predicted molar refractivity (Wildman–Crippen MR) is 263 cm³/mol. The zero-order valence-corrected chi connectivity index (χ0v) is 34.7. The van der Waals surface area contributed by atoms with Gasteiger partial charge >= 0.3 is 0 Å². The average molecular weight is 808 g/mol. The maximum absolute atomic E-state index is 5.20. The lowest BCUT2D eigenvalue weighted by Gasteiger charge is -2.13. The molecule has 0 aliphatic heterocycles. The fraction of sp³-hybridized carbons (Fsp3) is 0.0172. The Balaban J connectivity index is 1.16. The molecule has 0 N–H and O–H groups in total. The first kappa shape index (κ1) is 37.6. The molecule has 0 aliphatic rings. The highest BCUT2D eigenvalue weighted by molar-refractivity contribution is 6.12. The summed E-state index contributed by atoms with van der Waals surface area (Å²) in [5, 5.41) is 4.79. The summed E-state index contributed by atoms with van der Waals surface area (Å²) in [7, 11) is 0. The first-order chi connectivity index (χ1) is 31.1. The average Bonchev–Trinajstić information content (AvgIpc) is 3.87. The van der Waals surface area contributed by atoms with Crippen LogP contribution in [-0.4, -0.2) is 24.1 Å². The van der Waals surface area contributed by atoms with Crippen molar-refractivity contribution in [1.29, 1.82) is 0 Å². The normalized spacial score (nSPS) is 12.0. The third-order valence-corrected chi connectivity index (χ3v) is 11.9. The zero-order valence-electron chi connectivity index (χ0n) is 34.7. The van der Waals surface area contributed by atoms with E-state index in [1.807, 2.05) is 55.5 Å². The van der Waals surface area contributed by atoms with Crippen LogP contribution in [0.1, 0.15) is 12.7 Å². The Morgan fingerprint density at radius 2 is 0.857 bits per heavy atom. The van der Waals surface area contributed by atoms with E-state index >= 15 is 0 Å². The minimum atomic E-state index is 0.594. The Morgan fingerprint density at radius 3 is 1.37 bits per heavy atom. The second-order valence-corrected chi connectivity index (χ2v) is 15.7. The highest BCUT2D eigenvalue weighted by atomic mass is 15.0. The van der Waals surface area contributed by atoms with Crippen molar-refractivity contribution in [1.82, 2.24) is 24.1 Å². The molecule has 0 spiro atoms. The molecule has 8 aromatic carbocycles. The van der Waals surface area contributed by atoms with E-state index in [0.717, 1.165) is 61.4 Å². The van der Waals surface area contributed by atoms with Crippen molar-refractivity contribution in [3.05, 3.63) is 231 Å². The Morgan fingerprint density at radius 1 is 0.413 bits per heavy atom. The molecule has 298 valence electrons. The Kier molecular flexibility index (Phi) is 9.48. The van der Waals surface area contributed by atoms with E-state index in [-0.39, 0.29) is 0 Å². The first-order valence-corrected chi connectivity index (χ1v) is 21.3. The van der Waals surface area contributed by atoms with E-state index in [9.17, 15) is 0 Å². The summed E-state index contributed by atoms with van der Waals surface area (Å²) < 4.78 is 4.71. The second-order valence-electron chi connectivity index (χ2n) is 15.7. The van der Waals surface area contributed by atoms with E-state index in [0.29, 0.717) is 17.5 Å². The van der Waals surface area contributed by atoms with Crippen LogP contribution < -0.4 is 0 Å². The smallest absolute Gasteiger partial charge is 0.164 e. The van der Waals surface area contributed by atoms with Gasteiger partial charge in [-0.15, -0.1) is 0 Å². The molecule has 3 aromatic heterocycles. The molecule has 11 rings (SSSR count). The van der Waals surface area contributed by atoms with E-state index < -0.39 is 0 Å². The fourth-order valence-electron chi connectivity index (χ4n) is 8.93. The maximum atomic E-state index is 5.20. The number of benzene rings is 8. The standard InChI is InChI=1S/C58H41N5/c1-3-5-19-39(4-2)56-59-57(40-20-9-6-10-21-40)61-58(60-56)45-35-43(41-30-32-54-50(37-41)48-26-15-17-28-52(48)62(54)46-22-11-7-12-23-46)34-44(36-45)42-31-33-55-51(38-42)49-27-16-18-29-53(49)63(55)47-24-13-8-14-25-47/h3-38H,1H2,2H3/b19-5-,39-4+. The molecule has 0 fully saturated rings. The molecule has 0 radical (unpaired) electrons. The zero-order chi connectivity index (χ0) is 42.3. The van der Waals surface area contributed by atoms with Crippen molar-refractivity contribution in [3.63, 3.8) is 0 Å². The van der Waals surface area contributed by atoms with Crippen LogP contribution in [0.15, 0.2) is 225 Å². The Bertz CT molecular complexity index is 3400. The van der Waals surface area contributed by atoms with Gasteiger partial charge in [-0.2, -0.15) is 0 Å². The lowest BCUT2D eigenvalue weighted by Crippen LogP contribution is -2.02. The summed E-state index contributed by atoms with van der Waals surface area (Å²) in [6, 6.07) is 69.1. The van der Waals surface area contributed by atoms with Crippen molar-refractivity contribution in [2.45, 2.75) is 6.92 Å². The quantitative estimate of drug-likeness (QED) is 0.137. The predicted octanol–water partition coefficient (Wildman–Crippen LogP) is 14.9. The van der Waals surface area contributed by atoms with E-state index in [1.165, 1.54) is 32.6 Å². The number of hydrogen-bond acceptors (Lipinski definition) is 3. The number of nitrogens with zero attached hydrogens (tertiary/aromatic N) is 5. The van der Waals surface area contributed by atoms with Gasteiger partial charge in [-0.1, -0.05) is 146 Å². The SMILES string of the molecule is C=C/C=C\C(=C/C)c1nc(-c2ccccc2)nc(-c2cc(-c3ccc4c(c3)c3ccccc3n4-c3ccccc3)cc(-c3ccc4c(c3)c3ccccc3n4-c3ccccc3)c2)n1. The van der Waals surface area contributed by atoms with Gasteiger partial charge in [0.15, 0.2) is 17.5 Å². The molecule has 0 saturated carbocycles. The molecule has 5 heteroatoms. The minimum absolute atomic E-state index is 0.594. The molecular formula is C58H41N5. The third-order valence-electron chi connectivity index (χ3n) is 11.9. The molecular weight excluding hydrogens is 767 g/mol. The van der Waals surface area contributed by atoms with E-state index in [4.69, 9.17) is 15.0 Å². The molecule has 5 nitrogen and oxygen atoms in total. The van der Waals surface area contributed by atoms with Gasteiger partial charge in [0, 0.05) is 49.6 Å². The molecule has 0 amide bonds. The molecule has 11 aromatic rings. The Labute approximate surface area is 365 Å².